The van der Waals surface area contributed by atoms with E-state index < -0.39 is 13.7 Å². The monoisotopic (exact) mass is 481 g/mol. The van der Waals surface area contributed by atoms with Crippen molar-refractivity contribution < 1.29 is 14.3 Å². The summed E-state index contributed by atoms with van der Waals surface area (Å²) in [5.41, 5.74) is 0.226. The summed E-state index contributed by atoms with van der Waals surface area (Å²) in [6, 6.07) is 3.15. The molecule has 8 nitrogen and oxygen atoms in total. The first kappa shape index (κ1) is 24.8. The number of halogens is 1. The molecule has 2 aromatic rings. The van der Waals surface area contributed by atoms with Gasteiger partial charge in [0.15, 0.2) is 0 Å². The van der Waals surface area contributed by atoms with Crippen molar-refractivity contribution >= 4 is 42.6 Å². The zero-order valence-electron chi connectivity index (χ0n) is 20.1. The van der Waals surface area contributed by atoms with E-state index in [1.165, 1.54) is 0 Å². The van der Waals surface area contributed by atoms with Crippen LogP contribution in [0.1, 0.15) is 33.6 Å². The van der Waals surface area contributed by atoms with Gasteiger partial charge in [-0.3, -0.25) is 0 Å². The SMILES string of the molecule is CC(C)(C)OC(=O)N1CCCC(Nc2nc(Cl)nc3c2ccn3COCC[Si](C)(C)C)C1. The van der Waals surface area contributed by atoms with Crippen molar-refractivity contribution in [3.63, 3.8) is 0 Å². The largest absolute Gasteiger partial charge is 0.444 e. The third kappa shape index (κ3) is 7.08. The molecule has 1 aliphatic rings. The van der Waals surface area contributed by atoms with E-state index in [1.807, 2.05) is 37.6 Å². The van der Waals surface area contributed by atoms with Crippen molar-refractivity contribution in [2.24, 2.45) is 0 Å². The standard InChI is InChI=1S/C22H36ClN5O3Si/c1-22(2,3)31-21(29)27-10-7-8-16(14-27)24-18-17-9-11-28(19(17)26-20(23)25-18)15-30-12-13-32(4,5)6/h9,11,16H,7-8,10,12-15H2,1-6H3,(H,24,25,26). The van der Waals surface area contributed by atoms with Crippen LogP contribution in [0.15, 0.2) is 12.3 Å². The Hall–Kier alpha value is -1.84. The summed E-state index contributed by atoms with van der Waals surface area (Å²) in [6.45, 7) is 15.1. The Morgan fingerprint density at radius 3 is 2.75 bits per heavy atom. The van der Waals surface area contributed by atoms with Crippen LogP contribution in [0, 0.1) is 0 Å². The number of hydrogen-bond acceptors (Lipinski definition) is 6. The van der Waals surface area contributed by atoms with Crippen LogP contribution in [0.2, 0.25) is 31.0 Å². The molecular formula is C22H36ClN5O3Si. The molecular weight excluding hydrogens is 446 g/mol. The van der Waals surface area contributed by atoms with E-state index in [4.69, 9.17) is 21.1 Å². The Balaban J connectivity index is 1.68. The van der Waals surface area contributed by atoms with Crippen molar-refractivity contribution in [3.8, 4) is 0 Å². The Bertz CT molecular complexity index is 938. The number of nitrogens with zero attached hydrogens (tertiary/aromatic N) is 4. The van der Waals surface area contributed by atoms with Crippen molar-refractivity contribution in [2.75, 3.05) is 25.0 Å². The van der Waals surface area contributed by atoms with Crippen LogP contribution in [0.25, 0.3) is 11.0 Å². The van der Waals surface area contributed by atoms with Gasteiger partial charge in [0.1, 0.15) is 23.8 Å². The lowest BCUT2D eigenvalue weighted by Gasteiger charge is -2.34. The molecule has 0 spiro atoms. The van der Waals surface area contributed by atoms with Crippen LogP contribution in [0.3, 0.4) is 0 Å². The first-order valence-electron chi connectivity index (χ1n) is 11.3. The van der Waals surface area contributed by atoms with Gasteiger partial charge in [-0.05, 0) is 57.3 Å². The first-order valence-corrected chi connectivity index (χ1v) is 15.3. The Morgan fingerprint density at radius 2 is 2.06 bits per heavy atom. The molecule has 0 aromatic carbocycles. The van der Waals surface area contributed by atoms with Crippen LogP contribution < -0.4 is 5.32 Å². The fourth-order valence-electron chi connectivity index (χ4n) is 3.57. The minimum atomic E-state index is -1.13. The van der Waals surface area contributed by atoms with E-state index in [1.54, 1.807) is 4.90 Å². The van der Waals surface area contributed by atoms with E-state index in [0.29, 0.717) is 25.6 Å². The number of carbonyl (C=O) groups excluding carboxylic acids is 1. The Labute approximate surface area is 196 Å². The Morgan fingerprint density at radius 1 is 1.31 bits per heavy atom. The molecule has 32 heavy (non-hydrogen) atoms. The average Bonchev–Trinajstić information content (AvgIpc) is 3.06. The smallest absolute Gasteiger partial charge is 0.410 e. The van der Waals surface area contributed by atoms with Gasteiger partial charge in [0, 0.05) is 40.0 Å². The van der Waals surface area contributed by atoms with Gasteiger partial charge < -0.3 is 24.3 Å². The van der Waals surface area contributed by atoms with Gasteiger partial charge in [0.05, 0.1) is 5.39 Å². The second-order valence-corrected chi connectivity index (χ2v) is 16.6. The molecule has 0 saturated carbocycles. The quantitative estimate of drug-likeness (QED) is 0.332. The summed E-state index contributed by atoms with van der Waals surface area (Å²) in [5.74, 6) is 0.678. The molecule has 0 aliphatic carbocycles. The molecule has 1 fully saturated rings. The maximum absolute atomic E-state index is 12.5. The predicted octanol–water partition coefficient (Wildman–Crippen LogP) is 5.21. The summed E-state index contributed by atoms with van der Waals surface area (Å²) in [6.07, 6.45) is 3.49. The number of nitrogens with one attached hydrogen (secondary N) is 1. The fraction of sp³-hybridized carbons (Fsp3) is 0.682. The number of amides is 1. The molecule has 2 aromatic heterocycles. The summed E-state index contributed by atoms with van der Waals surface area (Å²) in [5, 5.41) is 4.55. The minimum absolute atomic E-state index is 0.0572. The molecule has 1 saturated heterocycles. The highest BCUT2D eigenvalue weighted by molar-refractivity contribution is 6.76. The molecule has 0 radical (unpaired) electrons. The van der Waals surface area contributed by atoms with Crippen molar-refractivity contribution in [1.82, 2.24) is 19.4 Å². The van der Waals surface area contributed by atoms with E-state index in [2.05, 4.69) is 34.9 Å². The molecule has 1 aliphatic heterocycles. The molecule has 1 atom stereocenters. The molecule has 0 bridgehead atoms. The molecule has 1 N–H and O–H groups in total. The number of piperidine rings is 1. The fourth-order valence-corrected chi connectivity index (χ4v) is 4.50. The lowest BCUT2D eigenvalue weighted by atomic mass is 10.1. The number of anilines is 1. The number of aromatic nitrogens is 3. The summed E-state index contributed by atoms with van der Waals surface area (Å²) in [7, 11) is -1.13. The molecule has 1 amide bonds. The summed E-state index contributed by atoms with van der Waals surface area (Å²) < 4.78 is 13.4. The van der Waals surface area contributed by atoms with E-state index in [9.17, 15) is 4.79 Å². The van der Waals surface area contributed by atoms with E-state index in [0.717, 1.165) is 36.5 Å². The van der Waals surface area contributed by atoms with Crippen LogP contribution in [0.5, 0.6) is 0 Å². The van der Waals surface area contributed by atoms with E-state index in [-0.39, 0.29) is 17.4 Å². The number of hydrogen-bond donors (Lipinski definition) is 1. The lowest BCUT2D eigenvalue weighted by molar-refractivity contribution is 0.0206. The van der Waals surface area contributed by atoms with E-state index >= 15 is 0 Å². The van der Waals surface area contributed by atoms with Crippen molar-refractivity contribution in [1.29, 1.82) is 0 Å². The molecule has 178 valence electrons. The second-order valence-electron chi connectivity index (χ2n) is 10.6. The maximum Gasteiger partial charge on any atom is 0.410 e. The Kier molecular flexibility index (Phi) is 7.72. The number of rotatable bonds is 7. The highest BCUT2D eigenvalue weighted by Crippen LogP contribution is 2.26. The van der Waals surface area contributed by atoms with Crippen LogP contribution >= 0.6 is 11.6 Å². The zero-order valence-corrected chi connectivity index (χ0v) is 21.8. The van der Waals surface area contributed by atoms with Crippen molar-refractivity contribution in [3.05, 3.63) is 17.5 Å². The summed E-state index contributed by atoms with van der Waals surface area (Å²) in [4.78, 5) is 23.1. The lowest BCUT2D eigenvalue weighted by Crippen LogP contribution is -2.47. The van der Waals surface area contributed by atoms with Gasteiger partial charge in [0.2, 0.25) is 5.28 Å². The van der Waals surface area contributed by atoms with Gasteiger partial charge in [0.25, 0.3) is 0 Å². The van der Waals surface area contributed by atoms with Crippen LogP contribution in [-0.2, 0) is 16.2 Å². The minimum Gasteiger partial charge on any atom is -0.444 e. The van der Waals surface area contributed by atoms with Crippen LogP contribution in [-0.4, -0.2) is 64.9 Å². The van der Waals surface area contributed by atoms with Gasteiger partial charge in [-0.25, -0.2) is 9.78 Å². The first-order chi connectivity index (χ1) is 14.9. The van der Waals surface area contributed by atoms with Gasteiger partial charge in [-0.2, -0.15) is 4.98 Å². The third-order valence-electron chi connectivity index (χ3n) is 5.23. The maximum atomic E-state index is 12.5. The molecule has 3 rings (SSSR count). The van der Waals surface area contributed by atoms with Gasteiger partial charge in [-0.1, -0.05) is 19.6 Å². The van der Waals surface area contributed by atoms with Crippen molar-refractivity contribution in [2.45, 2.75) is 77.7 Å². The topological polar surface area (TPSA) is 81.5 Å². The molecule has 10 heteroatoms. The summed E-state index contributed by atoms with van der Waals surface area (Å²) >= 11 is 6.25. The number of ether oxygens (including phenoxy) is 2. The normalized spacial score (nSPS) is 17.6. The second kappa shape index (κ2) is 9.97. The van der Waals surface area contributed by atoms with Gasteiger partial charge in [-0.15, -0.1) is 0 Å². The molecule has 1 unspecified atom stereocenters. The van der Waals surface area contributed by atoms with Crippen LogP contribution in [0.4, 0.5) is 10.6 Å². The highest BCUT2D eigenvalue weighted by atomic mass is 35.5. The number of carbonyl (C=O) groups is 1. The highest BCUT2D eigenvalue weighted by Gasteiger charge is 2.28. The van der Waals surface area contributed by atoms with Gasteiger partial charge >= 0.3 is 6.09 Å². The third-order valence-corrected chi connectivity index (χ3v) is 7.11. The number of fused-ring (bicyclic) bond motifs is 1. The number of likely N-dealkylation sites (tertiary alicyclic amines) is 1. The predicted molar refractivity (Wildman–Crippen MR) is 131 cm³/mol. The average molecular weight is 482 g/mol. The zero-order chi connectivity index (χ0) is 23.5. The molecule has 3 heterocycles.